The predicted octanol–water partition coefficient (Wildman–Crippen LogP) is 2.11. The van der Waals surface area contributed by atoms with Crippen LogP contribution in [0.5, 0.6) is 5.75 Å². The maximum absolute atomic E-state index is 10.6. The third kappa shape index (κ3) is 3.54. The maximum Gasteiger partial charge on any atom is 0.150 e. The Hall–Kier alpha value is -3.02. The number of hydrogen-bond acceptors (Lipinski definition) is 5. The molecule has 0 atom stereocenters. The number of rotatable bonds is 6. The van der Waals surface area contributed by atoms with Gasteiger partial charge in [-0.2, -0.15) is 0 Å². The average molecular weight is 294 g/mol. The van der Waals surface area contributed by atoms with E-state index in [0.717, 1.165) is 17.5 Å². The first-order chi connectivity index (χ1) is 10.8. The summed E-state index contributed by atoms with van der Waals surface area (Å²) in [5.74, 6) is 0.689. The molecule has 0 saturated carbocycles. The van der Waals surface area contributed by atoms with Gasteiger partial charge in [0, 0.05) is 18.0 Å². The Morgan fingerprint density at radius 1 is 1.09 bits per heavy atom. The van der Waals surface area contributed by atoms with Crippen LogP contribution in [-0.2, 0) is 13.2 Å². The zero-order chi connectivity index (χ0) is 15.2. The zero-order valence-electron chi connectivity index (χ0n) is 11.8. The Bertz CT molecular complexity index is 738. The molecule has 0 spiro atoms. The van der Waals surface area contributed by atoms with E-state index in [9.17, 15) is 4.79 Å². The molecule has 1 aromatic carbocycles. The van der Waals surface area contributed by atoms with Gasteiger partial charge in [0.05, 0.1) is 12.7 Å². The maximum atomic E-state index is 10.6. The molecular formula is C16H14N4O2. The van der Waals surface area contributed by atoms with Crippen molar-refractivity contribution in [3.8, 4) is 5.75 Å². The summed E-state index contributed by atoms with van der Waals surface area (Å²) in [4.78, 5) is 14.6. The van der Waals surface area contributed by atoms with Gasteiger partial charge in [0.1, 0.15) is 24.3 Å². The number of ether oxygens (including phenoxy) is 1. The number of carbonyl (C=O) groups is 1. The van der Waals surface area contributed by atoms with E-state index in [0.29, 0.717) is 24.5 Å². The fourth-order valence-corrected chi connectivity index (χ4v) is 1.96. The van der Waals surface area contributed by atoms with Crippen molar-refractivity contribution in [1.82, 2.24) is 20.0 Å². The summed E-state index contributed by atoms with van der Waals surface area (Å²) in [6, 6.07) is 10.8. The van der Waals surface area contributed by atoms with Crippen LogP contribution in [0, 0.1) is 0 Å². The molecule has 2 aromatic heterocycles. The zero-order valence-corrected chi connectivity index (χ0v) is 11.8. The summed E-state index contributed by atoms with van der Waals surface area (Å²) in [7, 11) is 0. The fraction of sp³-hybridized carbons (Fsp3) is 0.125. The van der Waals surface area contributed by atoms with E-state index in [-0.39, 0.29) is 0 Å². The number of benzene rings is 1. The predicted molar refractivity (Wildman–Crippen MR) is 79.5 cm³/mol. The number of pyridine rings is 1. The highest BCUT2D eigenvalue weighted by Gasteiger charge is 2.03. The van der Waals surface area contributed by atoms with Crippen molar-refractivity contribution in [2.75, 3.05) is 0 Å². The second kappa shape index (κ2) is 6.62. The Morgan fingerprint density at radius 2 is 1.86 bits per heavy atom. The summed E-state index contributed by atoms with van der Waals surface area (Å²) < 4.78 is 7.37. The lowest BCUT2D eigenvalue weighted by molar-refractivity contribution is 0.112. The van der Waals surface area contributed by atoms with E-state index in [2.05, 4.69) is 15.3 Å². The minimum Gasteiger partial charge on any atom is -0.487 e. The van der Waals surface area contributed by atoms with Gasteiger partial charge in [0.2, 0.25) is 0 Å². The minimum atomic E-state index is 0.330. The molecule has 0 amide bonds. The topological polar surface area (TPSA) is 69.9 Å². The standard InChI is InChI=1S/C16H14N4O2/c21-11-14-1-3-16(4-2-14)22-12-15-10-20(19-18-15)9-13-5-7-17-8-6-13/h1-8,10-11H,9,12H2. The first kappa shape index (κ1) is 13.9. The van der Waals surface area contributed by atoms with Crippen molar-refractivity contribution in [2.45, 2.75) is 13.2 Å². The van der Waals surface area contributed by atoms with E-state index in [1.165, 1.54) is 0 Å². The average Bonchev–Trinajstić information content (AvgIpc) is 3.02. The van der Waals surface area contributed by atoms with Gasteiger partial charge in [-0.15, -0.1) is 5.10 Å². The van der Waals surface area contributed by atoms with Gasteiger partial charge in [-0.05, 0) is 42.0 Å². The van der Waals surface area contributed by atoms with Crippen LogP contribution in [0.25, 0.3) is 0 Å². The van der Waals surface area contributed by atoms with E-state index in [4.69, 9.17) is 4.74 Å². The normalized spacial score (nSPS) is 10.4. The van der Waals surface area contributed by atoms with E-state index < -0.39 is 0 Å². The van der Waals surface area contributed by atoms with Crippen LogP contribution in [0.3, 0.4) is 0 Å². The van der Waals surface area contributed by atoms with Crippen molar-refractivity contribution < 1.29 is 9.53 Å². The molecule has 0 fully saturated rings. The minimum absolute atomic E-state index is 0.330. The van der Waals surface area contributed by atoms with Gasteiger partial charge in [0.15, 0.2) is 0 Å². The van der Waals surface area contributed by atoms with Crippen molar-refractivity contribution in [1.29, 1.82) is 0 Å². The fourth-order valence-electron chi connectivity index (χ4n) is 1.96. The van der Waals surface area contributed by atoms with Crippen molar-refractivity contribution >= 4 is 6.29 Å². The molecule has 110 valence electrons. The number of aromatic nitrogens is 4. The molecule has 3 rings (SSSR count). The molecule has 0 bridgehead atoms. The number of nitrogens with zero attached hydrogens (tertiary/aromatic N) is 4. The van der Waals surface area contributed by atoms with Crippen LogP contribution in [0.15, 0.2) is 55.0 Å². The first-order valence-corrected chi connectivity index (χ1v) is 6.79. The van der Waals surface area contributed by atoms with Gasteiger partial charge >= 0.3 is 0 Å². The van der Waals surface area contributed by atoms with Crippen LogP contribution in [0.4, 0.5) is 0 Å². The van der Waals surface area contributed by atoms with Gasteiger partial charge in [-0.3, -0.25) is 9.78 Å². The quantitative estimate of drug-likeness (QED) is 0.651. The van der Waals surface area contributed by atoms with Crippen molar-refractivity contribution in [2.24, 2.45) is 0 Å². The molecule has 0 saturated heterocycles. The lowest BCUT2D eigenvalue weighted by Gasteiger charge is -2.03. The summed E-state index contributed by atoms with van der Waals surface area (Å²) in [6.45, 7) is 0.973. The summed E-state index contributed by atoms with van der Waals surface area (Å²) >= 11 is 0. The Labute approximate surface area is 127 Å². The Morgan fingerprint density at radius 3 is 2.59 bits per heavy atom. The molecular weight excluding hydrogens is 280 g/mol. The molecule has 0 aliphatic rings. The Balaban J connectivity index is 1.58. The molecule has 3 aromatic rings. The Kier molecular flexibility index (Phi) is 4.20. The summed E-state index contributed by atoms with van der Waals surface area (Å²) in [5, 5.41) is 8.15. The van der Waals surface area contributed by atoms with Crippen molar-refractivity contribution in [3.05, 3.63) is 71.8 Å². The van der Waals surface area contributed by atoms with Crippen LogP contribution in [0.1, 0.15) is 21.6 Å². The van der Waals surface area contributed by atoms with E-state index in [1.807, 2.05) is 18.3 Å². The van der Waals surface area contributed by atoms with E-state index >= 15 is 0 Å². The van der Waals surface area contributed by atoms with E-state index in [1.54, 1.807) is 41.3 Å². The molecule has 22 heavy (non-hydrogen) atoms. The number of carbonyl (C=O) groups excluding carboxylic acids is 1. The smallest absolute Gasteiger partial charge is 0.150 e. The molecule has 0 aliphatic carbocycles. The highest BCUT2D eigenvalue weighted by Crippen LogP contribution is 2.12. The second-order valence-electron chi connectivity index (χ2n) is 4.74. The lowest BCUT2D eigenvalue weighted by atomic mass is 10.2. The van der Waals surface area contributed by atoms with Gasteiger partial charge in [-0.1, -0.05) is 5.21 Å². The first-order valence-electron chi connectivity index (χ1n) is 6.79. The monoisotopic (exact) mass is 294 g/mol. The molecule has 2 heterocycles. The van der Waals surface area contributed by atoms with Crippen LogP contribution < -0.4 is 4.74 Å². The van der Waals surface area contributed by atoms with Crippen LogP contribution in [0.2, 0.25) is 0 Å². The third-order valence-corrected chi connectivity index (χ3v) is 3.08. The number of hydrogen-bond donors (Lipinski definition) is 0. The lowest BCUT2D eigenvalue weighted by Crippen LogP contribution is -2.00. The SMILES string of the molecule is O=Cc1ccc(OCc2cn(Cc3ccncc3)nn2)cc1. The molecule has 0 aliphatic heterocycles. The van der Waals surface area contributed by atoms with Crippen molar-refractivity contribution in [3.63, 3.8) is 0 Å². The largest absolute Gasteiger partial charge is 0.487 e. The molecule has 0 N–H and O–H groups in total. The van der Waals surface area contributed by atoms with Crippen LogP contribution >= 0.6 is 0 Å². The number of aldehydes is 1. The summed E-state index contributed by atoms with van der Waals surface area (Å²) in [5.41, 5.74) is 2.47. The van der Waals surface area contributed by atoms with Gasteiger partial charge < -0.3 is 4.74 Å². The van der Waals surface area contributed by atoms with Gasteiger partial charge in [0.25, 0.3) is 0 Å². The second-order valence-corrected chi connectivity index (χ2v) is 4.74. The molecule has 0 unspecified atom stereocenters. The molecule has 0 radical (unpaired) electrons. The third-order valence-electron chi connectivity index (χ3n) is 3.08. The summed E-state index contributed by atoms with van der Waals surface area (Å²) in [6.07, 6.45) is 6.15. The molecule has 6 nitrogen and oxygen atoms in total. The highest BCUT2D eigenvalue weighted by atomic mass is 16.5. The van der Waals surface area contributed by atoms with Gasteiger partial charge in [-0.25, -0.2) is 4.68 Å². The molecule has 6 heteroatoms. The highest BCUT2D eigenvalue weighted by molar-refractivity contribution is 5.74. The van der Waals surface area contributed by atoms with Crippen LogP contribution in [-0.4, -0.2) is 26.3 Å².